The van der Waals surface area contributed by atoms with Crippen LogP contribution in [0.3, 0.4) is 0 Å². The van der Waals surface area contributed by atoms with Gasteiger partial charge in [-0.15, -0.1) is 0 Å². The van der Waals surface area contributed by atoms with E-state index in [1.165, 1.54) is 11.3 Å². The second kappa shape index (κ2) is 4.11. The van der Waals surface area contributed by atoms with E-state index in [0.29, 0.717) is 12.0 Å². The van der Waals surface area contributed by atoms with E-state index in [0.717, 1.165) is 12.2 Å². The molecule has 1 aliphatic heterocycles. The van der Waals surface area contributed by atoms with Gasteiger partial charge in [-0.3, -0.25) is 4.98 Å². The molecule has 1 aromatic heterocycles. The summed E-state index contributed by atoms with van der Waals surface area (Å²) in [6.07, 6.45) is 4.83. The van der Waals surface area contributed by atoms with Crippen molar-refractivity contribution in [3.8, 4) is 0 Å². The highest BCUT2D eigenvalue weighted by Gasteiger charge is 2.23. The maximum atomic E-state index is 6.08. The number of nitrogens with two attached hydrogens (primary N) is 1. The Hall–Kier alpha value is -0.540. The smallest absolute Gasteiger partial charge is 0.0270 e. The molecule has 1 saturated heterocycles. The Kier molecular flexibility index (Phi) is 2.86. The number of pyridine rings is 1. The van der Waals surface area contributed by atoms with Gasteiger partial charge in [-0.25, -0.2) is 0 Å². The summed E-state index contributed by atoms with van der Waals surface area (Å²) >= 11 is 2.00. The highest BCUT2D eigenvalue weighted by atomic mass is 32.2. The molecule has 2 heterocycles. The highest BCUT2D eigenvalue weighted by molar-refractivity contribution is 7.99. The molecular formula is C10H14N2S. The van der Waals surface area contributed by atoms with Crippen LogP contribution in [0.4, 0.5) is 0 Å². The molecule has 1 aromatic rings. The zero-order chi connectivity index (χ0) is 9.10. The van der Waals surface area contributed by atoms with Crippen molar-refractivity contribution in [3.63, 3.8) is 0 Å². The van der Waals surface area contributed by atoms with E-state index in [9.17, 15) is 0 Å². The minimum atomic E-state index is 0.337. The van der Waals surface area contributed by atoms with Crippen LogP contribution < -0.4 is 5.73 Å². The fourth-order valence-corrected chi connectivity index (χ4v) is 3.01. The maximum Gasteiger partial charge on any atom is 0.0270 e. The maximum absolute atomic E-state index is 6.08. The average molecular weight is 194 g/mol. The molecule has 1 aliphatic rings. The van der Waals surface area contributed by atoms with E-state index in [1.54, 1.807) is 0 Å². The molecule has 3 heteroatoms. The van der Waals surface area contributed by atoms with Crippen LogP contribution in [0.2, 0.25) is 0 Å². The van der Waals surface area contributed by atoms with Gasteiger partial charge in [0.2, 0.25) is 0 Å². The molecule has 0 bridgehead atoms. The Bertz CT molecular complexity index is 263. The lowest BCUT2D eigenvalue weighted by Crippen LogP contribution is -2.33. The predicted molar refractivity (Wildman–Crippen MR) is 56.9 cm³/mol. The number of aromatic nitrogens is 1. The first-order chi connectivity index (χ1) is 6.38. The summed E-state index contributed by atoms with van der Waals surface area (Å²) in [6.45, 7) is 0. The summed E-state index contributed by atoms with van der Waals surface area (Å²) in [4.78, 5) is 4.02. The second-order valence-corrected chi connectivity index (χ2v) is 4.56. The van der Waals surface area contributed by atoms with Crippen molar-refractivity contribution in [2.45, 2.75) is 18.4 Å². The van der Waals surface area contributed by atoms with Crippen LogP contribution in [0.15, 0.2) is 24.5 Å². The van der Waals surface area contributed by atoms with Gasteiger partial charge >= 0.3 is 0 Å². The van der Waals surface area contributed by atoms with Gasteiger partial charge in [0.1, 0.15) is 0 Å². The molecule has 0 aromatic carbocycles. The topological polar surface area (TPSA) is 38.9 Å². The minimum absolute atomic E-state index is 0.337. The molecule has 2 N–H and O–H groups in total. The largest absolute Gasteiger partial charge is 0.327 e. The second-order valence-electron chi connectivity index (χ2n) is 3.41. The van der Waals surface area contributed by atoms with E-state index in [2.05, 4.69) is 17.1 Å². The number of hydrogen-bond donors (Lipinski definition) is 1. The van der Waals surface area contributed by atoms with Crippen LogP contribution in [0.25, 0.3) is 0 Å². The molecule has 2 nitrogen and oxygen atoms in total. The molecule has 2 rings (SSSR count). The van der Waals surface area contributed by atoms with Gasteiger partial charge in [-0.1, -0.05) is 0 Å². The van der Waals surface area contributed by atoms with Gasteiger partial charge in [-0.2, -0.15) is 11.8 Å². The van der Waals surface area contributed by atoms with Gasteiger partial charge < -0.3 is 5.73 Å². The monoisotopic (exact) mass is 194 g/mol. The van der Waals surface area contributed by atoms with E-state index in [-0.39, 0.29) is 0 Å². The average Bonchev–Trinajstić information content (AvgIpc) is 2.20. The first-order valence-corrected chi connectivity index (χ1v) is 5.76. The summed E-state index contributed by atoms with van der Waals surface area (Å²) in [7, 11) is 0. The third kappa shape index (κ3) is 2.03. The molecule has 0 amide bonds. The van der Waals surface area contributed by atoms with Gasteiger partial charge in [0, 0.05) is 30.1 Å². The molecule has 2 unspecified atom stereocenters. The Morgan fingerprint density at radius 1 is 1.38 bits per heavy atom. The lowest BCUT2D eigenvalue weighted by molar-refractivity contribution is 0.548. The standard InChI is InChI=1S/C10H14N2S/c11-10-3-6-13-7-9(10)8-1-4-12-5-2-8/h1-2,4-5,9-10H,3,6-7,11H2. The van der Waals surface area contributed by atoms with Crippen molar-refractivity contribution in [1.29, 1.82) is 0 Å². The van der Waals surface area contributed by atoms with Crippen LogP contribution in [0.1, 0.15) is 17.9 Å². The fourth-order valence-electron chi connectivity index (χ4n) is 1.71. The summed E-state index contributed by atoms with van der Waals surface area (Å²) in [5.41, 5.74) is 7.42. The first kappa shape index (κ1) is 9.03. The van der Waals surface area contributed by atoms with E-state index >= 15 is 0 Å². The molecule has 13 heavy (non-hydrogen) atoms. The molecule has 1 fully saturated rings. The summed E-state index contributed by atoms with van der Waals surface area (Å²) in [5.74, 6) is 2.90. The zero-order valence-corrected chi connectivity index (χ0v) is 8.33. The molecule has 70 valence electrons. The SMILES string of the molecule is NC1CCSCC1c1ccncc1. The Balaban J connectivity index is 2.15. The van der Waals surface area contributed by atoms with Crippen LogP contribution in [-0.2, 0) is 0 Å². The van der Waals surface area contributed by atoms with Crippen molar-refractivity contribution < 1.29 is 0 Å². The fraction of sp³-hybridized carbons (Fsp3) is 0.500. The molecule has 0 saturated carbocycles. The van der Waals surface area contributed by atoms with Crippen molar-refractivity contribution in [2.24, 2.45) is 5.73 Å². The number of rotatable bonds is 1. The predicted octanol–water partition coefficient (Wildman–Crippen LogP) is 1.63. The van der Waals surface area contributed by atoms with E-state index < -0.39 is 0 Å². The van der Waals surface area contributed by atoms with E-state index in [4.69, 9.17) is 5.73 Å². The zero-order valence-electron chi connectivity index (χ0n) is 7.52. The summed E-state index contributed by atoms with van der Waals surface area (Å²) < 4.78 is 0. The third-order valence-electron chi connectivity index (χ3n) is 2.54. The lowest BCUT2D eigenvalue weighted by atomic mass is 9.92. The summed E-state index contributed by atoms with van der Waals surface area (Å²) in [6, 6.07) is 4.50. The molecular weight excluding hydrogens is 180 g/mol. The van der Waals surface area contributed by atoms with Gasteiger partial charge in [0.25, 0.3) is 0 Å². The number of nitrogens with zero attached hydrogens (tertiary/aromatic N) is 1. The number of hydrogen-bond acceptors (Lipinski definition) is 3. The first-order valence-electron chi connectivity index (χ1n) is 4.61. The normalized spacial score (nSPS) is 28.7. The van der Waals surface area contributed by atoms with Crippen LogP contribution in [-0.4, -0.2) is 22.5 Å². The Morgan fingerprint density at radius 3 is 2.85 bits per heavy atom. The third-order valence-corrected chi connectivity index (χ3v) is 3.66. The molecule has 0 aliphatic carbocycles. The highest BCUT2D eigenvalue weighted by Crippen LogP contribution is 2.29. The van der Waals surface area contributed by atoms with Crippen LogP contribution in [0.5, 0.6) is 0 Å². The van der Waals surface area contributed by atoms with Gasteiger partial charge in [0.15, 0.2) is 0 Å². The minimum Gasteiger partial charge on any atom is -0.327 e. The van der Waals surface area contributed by atoms with Gasteiger partial charge in [-0.05, 0) is 29.9 Å². The van der Waals surface area contributed by atoms with Crippen molar-refractivity contribution in [3.05, 3.63) is 30.1 Å². The molecule has 0 spiro atoms. The van der Waals surface area contributed by atoms with Crippen molar-refractivity contribution in [1.82, 2.24) is 4.98 Å². The van der Waals surface area contributed by atoms with Crippen LogP contribution >= 0.6 is 11.8 Å². The molecule has 0 radical (unpaired) electrons. The van der Waals surface area contributed by atoms with Crippen LogP contribution in [0, 0.1) is 0 Å². The number of thioether (sulfide) groups is 1. The Morgan fingerprint density at radius 2 is 2.15 bits per heavy atom. The quantitative estimate of drug-likeness (QED) is 0.738. The Labute approximate surface area is 82.9 Å². The lowest BCUT2D eigenvalue weighted by Gasteiger charge is -2.28. The van der Waals surface area contributed by atoms with Gasteiger partial charge in [0.05, 0.1) is 0 Å². The van der Waals surface area contributed by atoms with Crippen molar-refractivity contribution in [2.75, 3.05) is 11.5 Å². The van der Waals surface area contributed by atoms with Crippen molar-refractivity contribution >= 4 is 11.8 Å². The van der Waals surface area contributed by atoms with E-state index in [1.807, 2.05) is 24.2 Å². The molecule has 2 atom stereocenters. The summed E-state index contributed by atoms with van der Waals surface area (Å²) in [5, 5.41) is 0.